The largest absolute Gasteiger partial charge is 0.480 e. The molecule has 5 N–H and O–H groups in total. The Labute approximate surface area is 181 Å². The third kappa shape index (κ3) is 6.91. The number of amides is 4. The van der Waals surface area contributed by atoms with Crippen molar-refractivity contribution in [2.75, 3.05) is 26.2 Å². The molecule has 0 saturated carbocycles. The highest BCUT2D eigenvalue weighted by Gasteiger charge is 2.37. The van der Waals surface area contributed by atoms with Crippen LogP contribution in [-0.2, 0) is 24.0 Å². The van der Waals surface area contributed by atoms with E-state index >= 15 is 0 Å². The molecular formula is C20H33N5O6. The number of aliphatic carboxylic acids is 1. The lowest BCUT2D eigenvalue weighted by atomic mass is 9.97. The van der Waals surface area contributed by atoms with E-state index in [2.05, 4.69) is 21.3 Å². The van der Waals surface area contributed by atoms with Crippen molar-refractivity contribution in [1.82, 2.24) is 26.2 Å². The zero-order valence-corrected chi connectivity index (χ0v) is 18.1. The Morgan fingerprint density at radius 2 is 1.81 bits per heavy atom. The second kappa shape index (κ2) is 11.6. The van der Waals surface area contributed by atoms with Crippen LogP contribution in [0.25, 0.3) is 0 Å². The summed E-state index contributed by atoms with van der Waals surface area (Å²) in [7, 11) is 0. The highest BCUT2D eigenvalue weighted by atomic mass is 16.4. The van der Waals surface area contributed by atoms with Crippen molar-refractivity contribution in [1.29, 1.82) is 0 Å². The molecule has 31 heavy (non-hydrogen) atoms. The molecule has 2 aliphatic rings. The summed E-state index contributed by atoms with van der Waals surface area (Å²) in [6.45, 7) is 4.10. The maximum Gasteiger partial charge on any atom is 0.322 e. The fourth-order valence-corrected chi connectivity index (χ4v) is 3.86. The molecule has 2 fully saturated rings. The molecule has 11 nitrogen and oxygen atoms in total. The van der Waals surface area contributed by atoms with Crippen LogP contribution in [0.15, 0.2) is 0 Å². The number of carboxylic acids is 1. The summed E-state index contributed by atoms with van der Waals surface area (Å²) < 4.78 is 0. The van der Waals surface area contributed by atoms with Gasteiger partial charge in [-0.1, -0.05) is 20.3 Å². The summed E-state index contributed by atoms with van der Waals surface area (Å²) in [6, 6.07) is -1.92. The standard InChI is InChI=1S/C20H33N5O6/c1-3-12(2)17(20(31)23-11-16(27)28)24-19(30)14-7-5-9-25(14)15(26)10-22-18(29)13-6-4-8-21-13/h12-14,17,21H,3-11H2,1-2H3,(H,22,29)(H,23,31)(H,24,30)(H,27,28)/t12-,13-,14-,17-/m0/s1. The van der Waals surface area contributed by atoms with E-state index in [0.29, 0.717) is 25.8 Å². The van der Waals surface area contributed by atoms with Gasteiger partial charge in [0.15, 0.2) is 0 Å². The molecule has 11 heteroatoms. The molecule has 0 aliphatic carbocycles. The van der Waals surface area contributed by atoms with Gasteiger partial charge in [-0.05, 0) is 38.1 Å². The number of hydrogen-bond acceptors (Lipinski definition) is 6. The Morgan fingerprint density at radius 1 is 1.06 bits per heavy atom. The summed E-state index contributed by atoms with van der Waals surface area (Å²) in [5.41, 5.74) is 0. The fourth-order valence-electron chi connectivity index (χ4n) is 3.86. The van der Waals surface area contributed by atoms with Crippen LogP contribution in [0.3, 0.4) is 0 Å². The summed E-state index contributed by atoms with van der Waals surface area (Å²) in [4.78, 5) is 62.2. The average Bonchev–Trinajstić information content (AvgIpc) is 3.45. The van der Waals surface area contributed by atoms with E-state index in [1.807, 2.05) is 6.92 Å². The van der Waals surface area contributed by atoms with Crippen molar-refractivity contribution in [3.8, 4) is 0 Å². The SMILES string of the molecule is CC[C@H](C)[C@H](NC(=O)[C@@H]1CCCN1C(=O)CNC(=O)[C@@H]1CCCN1)C(=O)NCC(=O)O. The maximum absolute atomic E-state index is 12.9. The van der Waals surface area contributed by atoms with Crippen molar-refractivity contribution in [3.05, 3.63) is 0 Å². The average molecular weight is 440 g/mol. The topological polar surface area (TPSA) is 157 Å². The Hall–Kier alpha value is -2.69. The quantitative estimate of drug-likeness (QED) is 0.279. The van der Waals surface area contributed by atoms with E-state index in [0.717, 1.165) is 19.4 Å². The third-order valence-electron chi connectivity index (χ3n) is 5.87. The Morgan fingerprint density at radius 3 is 2.42 bits per heavy atom. The summed E-state index contributed by atoms with van der Waals surface area (Å²) in [5.74, 6) is -2.99. The second-order valence-corrected chi connectivity index (χ2v) is 8.10. The number of likely N-dealkylation sites (tertiary alicyclic amines) is 1. The predicted molar refractivity (Wildman–Crippen MR) is 111 cm³/mol. The van der Waals surface area contributed by atoms with Gasteiger partial charge in [0.25, 0.3) is 0 Å². The molecule has 0 bridgehead atoms. The maximum atomic E-state index is 12.9. The summed E-state index contributed by atoms with van der Waals surface area (Å²) in [5, 5.41) is 19.5. The molecule has 2 aliphatic heterocycles. The molecule has 2 heterocycles. The van der Waals surface area contributed by atoms with E-state index in [1.54, 1.807) is 6.92 Å². The van der Waals surface area contributed by atoms with Crippen molar-refractivity contribution >= 4 is 29.6 Å². The zero-order chi connectivity index (χ0) is 23.0. The van der Waals surface area contributed by atoms with Gasteiger partial charge in [0.05, 0.1) is 12.6 Å². The smallest absolute Gasteiger partial charge is 0.322 e. The normalized spacial score (nSPS) is 22.5. The first kappa shape index (κ1) is 24.6. The van der Waals surface area contributed by atoms with Gasteiger partial charge < -0.3 is 31.3 Å². The van der Waals surface area contributed by atoms with E-state index in [1.165, 1.54) is 4.90 Å². The predicted octanol–water partition coefficient (Wildman–Crippen LogP) is -1.42. The van der Waals surface area contributed by atoms with Crippen LogP contribution in [0.2, 0.25) is 0 Å². The number of nitrogens with zero attached hydrogens (tertiary/aromatic N) is 1. The van der Waals surface area contributed by atoms with Crippen LogP contribution in [-0.4, -0.2) is 83.9 Å². The highest BCUT2D eigenvalue weighted by molar-refractivity contribution is 5.94. The van der Waals surface area contributed by atoms with Gasteiger partial charge in [0.2, 0.25) is 23.6 Å². The van der Waals surface area contributed by atoms with Crippen LogP contribution in [0.5, 0.6) is 0 Å². The lowest BCUT2D eigenvalue weighted by Crippen LogP contribution is -2.56. The van der Waals surface area contributed by atoms with Gasteiger partial charge in [-0.15, -0.1) is 0 Å². The third-order valence-corrected chi connectivity index (χ3v) is 5.87. The van der Waals surface area contributed by atoms with Gasteiger partial charge in [-0.25, -0.2) is 0 Å². The molecule has 4 amide bonds. The lowest BCUT2D eigenvalue weighted by Gasteiger charge is -2.28. The van der Waals surface area contributed by atoms with Gasteiger partial charge >= 0.3 is 5.97 Å². The van der Waals surface area contributed by atoms with Crippen LogP contribution in [0.4, 0.5) is 0 Å². The first-order valence-corrected chi connectivity index (χ1v) is 10.8. The first-order chi connectivity index (χ1) is 14.7. The van der Waals surface area contributed by atoms with E-state index in [9.17, 15) is 24.0 Å². The number of carbonyl (C=O) groups is 5. The summed E-state index contributed by atoms with van der Waals surface area (Å²) in [6.07, 6.45) is 3.34. The molecule has 2 saturated heterocycles. The number of carbonyl (C=O) groups excluding carboxylic acids is 4. The van der Waals surface area contributed by atoms with Crippen LogP contribution in [0, 0.1) is 5.92 Å². The van der Waals surface area contributed by atoms with Gasteiger partial charge in [0, 0.05) is 6.54 Å². The van der Waals surface area contributed by atoms with Gasteiger partial charge in [-0.3, -0.25) is 24.0 Å². The highest BCUT2D eigenvalue weighted by Crippen LogP contribution is 2.19. The number of carboxylic acid groups (broad SMARTS) is 1. The van der Waals surface area contributed by atoms with Crippen LogP contribution < -0.4 is 21.3 Å². The van der Waals surface area contributed by atoms with E-state index in [4.69, 9.17) is 5.11 Å². The molecule has 0 spiro atoms. The van der Waals surface area contributed by atoms with Crippen molar-refractivity contribution in [2.24, 2.45) is 5.92 Å². The van der Waals surface area contributed by atoms with Crippen LogP contribution in [0.1, 0.15) is 46.0 Å². The molecule has 4 atom stereocenters. The summed E-state index contributed by atoms with van der Waals surface area (Å²) >= 11 is 0. The molecule has 174 valence electrons. The van der Waals surface area contributed by atoms with Crippen molar-refractivity contribution in [2.45, 2.75) is 64.1 Å². The minimum atomic E-state index is -1.18. The zero-order valence-electron chi connectivity index (χ0n) is 18.1. The van der Waals surface area contributed by atoms with Gasteiger partial charge in [0.1, 0.15) is 18.6 Å². The lowest BCUT2D eigenvalue weighted by molar-refractivity contribution is -0.141. The first-order valence-electron chi connectivity index (χ1n) is 10.8. The van der Waals surface area contributed by atoms with Gasteiger partial charge in [-0.2, -0.15) is 0 Å². The van der Waals surface area contributed by atoms with Crippen LogP contribution >= 0.6 is 0 Å². The molecule has 0 radical (unpaired) electrons. The molecule has 0 aromatic carbocycles. The second-order valence-electron chi connectivity index (χ2n) is 8.10. The number of nitrogens with one attached hydrogen (secondary N) is 4. The van der Waals surface area contributed by atoms with E-state index in [-0.39, 0.29) is 30.3 Å². The Bertz CT molecular complexity index is 694. The molecule has 0 aromatic heterocycles. The molecular weight excluding hydrogens is 406 g/mol. The molecule has 0 aromatic rings. The molecule has 2 rings (SSSR count). The Balaban J connectivity index is 1.94. The van der Waals surface area contributed by atoms with E-state index < -0.39 is 36.4 Å². The van der Waals surface area contributed by atoms with Crippen molar-refractivity contribution in [3.63, 3.8) is 0 Å². The molecule has 0 unspecified atom stereocenters. The minimum Gasteiger partial charge on any atom is -0.480 e. The monoisotopic (exact) mass is 439 g/mol. The Kier molecular flexibility index (Phi) is 9.22. The number of rotatable bonds is 10. The minimum absolute atomic E-state index is 0.186. The number of hydrogen-bond donors (Lipinski definition) is 5. The fraction of sp³-hybridized carbons (Fsp3) is 0.750. The van der Waals surface area contributed by atoms with Crippen molar-refractivity contribution < 1.29 is 29.1 Å².